The number of rotatable bonds is 6. The van der Waals surface area contributed by atoms with Gasteiger partial charge in [0.2, 0.25) is 0 Å². The fraction of sp³-hybridized carbons (Fsp3) is 0.600. The fourth-order valence-corrected chi connectivity index (χ4v) is 0.993. The van der Waals surface area contributed by atoms with Gasteiger partial charge in [-0.15, -0.1) is 12.3 Å². The van der Waals surface area contributed by atoms with Gasteiger partial charge in [0, 0.05) is 19.0 Å². The number of hydrogen-bond acceptors (Lipinski definition) is 2. The minimum Gasteiger partial charge on any atom is -0.481 e. The summed E-state index contributed by atoms with van der Waals surface area (Å²) in [6.45, 7) is 2.21. The Morgan fingerprint density at radius 2 is 2.20 bits per heavy atom. The number of aliphatic carboxylic acids is 1. The lowest BCUT2D eigenvalue weighted by Gasteiger charge is -2.14. The molecule has 0 saturated heterocycles. The van der Waals surface area contributed by atoms with Gasteiger partial charge in [0.25, 0.3) is 0 Å². The summed E-state index contributed by atoms with van der Waals surface area (Å²) in [5, 5.41) is 13.6. The van der Waals surface area contributed by atoms with Crippen molar-refractivity contribution in [1.29, 1.82) is 0 Å². The lowest BCUT2D eigenvalue weighted by atomic mass is 10.1. The molecular formula is C10H16N2O3. The average Bonchev–Trinajstić information content (AvgIpc) is 2.16. The zero-order valence-electron chi connectivity index (χ0n) is 8.75. The Labute approximate surface area is 89.2 Å². The molecule has 0 radical (unpaired) electrons. The van der Waals surface area contributed by atoms with Gasteiger partial charge in [-0.2, -0.15) is 0 Å². The van der Waals surface area contributed by atoms with Gasteiger partial charge in [0.05, 0.1) is 6.42 Å². The Hall–Kier alpha value is -1.70. The quantitative estimate of drug-likeness (QED) is 0.444. The first-order valence-corrected chi connectivity index (χ1v) is 4.79. The van der Waals surface area contributed by atoms with E-state index < -0.39 is 5.97 Å². The van der Waals surface area contributed by atoms with E-state index in [0.717, 1.165) is 0 Å². The minimum atomic E-state index is -0.925. The molecule has 1 unspecified atom stereocenters. The molecule has 0 aromatic rings. The van der Waals surface area contributed by atoms with E-state index in [0.29, 0.717) is 19.4 Å². The molecule has 0 rings (SSSR count). The van der Waals surface area contributed by atoms with Crippen LogP contribution in [0, 0.1) is 12.3 Å². The highest BCUT2D eigenvalue weighted by Gasteiger charge is 2.13. The molecule has 2 amide bonds. The van der Waals surface area contributed by atoms with Crippen LogP contribution in [-0.4, -0.2) is 29.7 Å². The van der Waals surface area contributed by atoms with E-state index in [9.17, 15) is 9.59 Å². The van der Waals surface area contributed by atoms with E-state index in [2.05, 4.69) is 16.6 Å². The minimum absolute atomic E-state index is 0.0704. The van der Waals surface area contributed by atoms with Crippen LogP contribution in [0.15, 0.2) is 0 Å². The van der Waals surface area contributed by atoms with E-state index >= 15 is 0 Å². The average molecular weight is 212 g/mol. The number of carboxylic acid groups (broad SMARTS) is 1. The van der Waals surface area contributed by atoms with Crippen molar-refractivity contribution >= 4 is 12.0 Å². The summed E-state index contributed by atoms with van der Waals surface area (Å²) in [5.41, 5.74) is 0. The van der Waals surface area contributed by atoms with E-state index in [4.69, 9.17) is 11.5 Å². The van der Waals surface area contributed by atoms with Crippen LogP contribution in [0.2, 0.25) is 0 Å². The summed E-state index contributed by atoms with van der Waals surface area (Å²) >= 11 is 0. The lowest BCUT2D eigenvalue weighted by Crippen LogP contribution is -2.43. The van der Waals surface area contributed by atoms with Crippen molar-refractivity contribution < 1.29 is 14.7 Å². The van der Waals surface area contributed by atoms with Crippen molar-refractivity contribution in [3.63, 3.8) is 0 Å². The lowest BCUT2D eigenvalue weighted by molar-refractivity contribution is -0.137. The van der Waals surface area contributed by atoms with Crippen LogP contribution in [0.1, 0.15) is 26.2 Å². The molecular weight excluding hydrogens is 196 g/mol. The SMILES string of the molecule is C#CCCNC(=O)NC(CC)CC(=O)O. The summed E-state index contributed by atoms with van der Waals surface area (Å²) in [5.74, 6) is 1.46. The summed E-state index contributed by atoms with van der Waals surface area (Å²) < 4.78 is 0. The number of carbonyl (C=O) groups excluding carboxylic acids is 1. The molecule has 15 heavy (non-hydrogen) atoms. The molecule has 3 N–H and O–H groups in total. The standard InChI is InChI=1S/C10H16N2O3/c1-3-5-6-11-10(15)12-8(4-2)7-9(13)14/h1,8H,4-7H2,2H3,(H,13,14)(H2,11,12,15). The first-order valence-electron chi connectivity index (χ1n) is 4.79. The Balaban J connectivity index is 3.81. The number of terminal acetylenes is 1. The number of urea groups is 1. The third-order valence-corrected chi connectivity index (χ3v) is 1.80. The van der Waals surface area contributed by atoms with E-state index in [1.54, 1.807) is 0 Å². The van der Waals surface area contributed by atoms with Crippen LogP contribution >= 0.6 is 0 Å². The van der Waals surface area contributed by atoms with E-state index in [1.165, 1.54) is 0 Å². The maximum absolute atomic E-state index is 11.2. The summed E-state index contributed by atoms with van der Waals surface area (Å²) in [7, 11) is 0. The van der Waals surface area contributed by atoms with Crippen LogP contribution in [0.5, 0.6) is 0 Å². The number of amides is 2. The molecule has 5 heteroatoms. The van der Waals surface area contributed by atoms with Gasteiger partial charge in [-0.05, 0) is 6.42 Å². The summed E-state index contributed by atoms with van der Waals surface area (Å²) in [6.07, 6.45) is 5.98. The van der Waals surface area contributed by atoms with Crippen molar-refractivity contribution in [1.82, 2.24) is 10.6 Å². The van der Waals surface area contributed by atoms with Crippen LogP contribution in [0.25, 0.3) is 0 Å². The van der Waals surface area contributed by atoms with Gasteiger partial charge < -0.3 is 15.7 Å². The van der Waals surface area contributed by atoms with Crippen molar-refractivity contribution in [3.8, 4) is 12.3 Å². The summed E-state index contributed by atoms with van der Waals surface area (Å²) in [4.78, 5) is 21.6. The third kappa shape index (κ3) is 7.38. The molecule has 0 heterocycles. The monoisotopic (exact) mass is 212 g/mol. The molecule has 0 fully saturated rings. The van der Waals surface area contributed by atoms with E-state index in [-0.39, 0.29) is 18.5 Å². The Morgan fingerprint density at radius 3 is 2.67 bits per heavy atom. The van der Waals surface area contributed by atoms with Crippen molar-refractivity contribution in [3.05, 3.63) is 0 Å². The third-order valence-electron chi connectivity index (χ3n) is 1.80. The molecule has 84 valence electrons. The zero-order valence-corrected chi connectivity index (χ0v) is 8.75. The van der Waals surface area contributed by atoms with Gasteiger partial charge in [0.1, 0.15) is 0 Å². The molecule has 0 spiro atoms. The number of carbonyl (C=O) groups is 2. The number of nitrogens with one attached hydrogen (secondary N) is 2. The highest BCUT2D eigenvalue weighted by atomic mass is 16.4. The van der Waals surface area contributed by atoms with Crippen molar-refractivity contribution in [2.24, 2.45) is 0 Å². The van der Waals surface area contributed by atoms with Gasteiger partial charge in [-0.25, -0.2) is 4.79 Å². The van der Waals surface area contributed by atoms with Gasteiger partial charge in [-0.1, -0.05) is 6.92 Å². The molecule has 0 aromatic heterocycles. The highest BCUT2D eigenvalue weighted by molar-refractivity contribution is 5.75. The second-order valence-electron chi connectivity index (χ2n) is 3.06. The first-order chi connectivity index (χ1) is 7.10. The normalized spacial score (nSPS) is 11.2. The molecule has 1 atom stereocenters. The molecule has 0 bridgehead atoms. The largest absolute Gasteiger partial charge is 0.481 e. The number of hydrogen-bond donors (Lipinski definition) is 3. The second kappa shape index (κ2) is 7.68. The van der Waals surface area contributed by atoms with Crippen LogP contribution in [0.4, 0.5) is 4.79 Å². The maximum Gasteiger partial charge on any atom is 0.315 e. The Morgan fingerprint density at radius 1 is 1.53 bits per heavy atom. The fourth-order valence-electron chi connectivity index (χ4n) is 0.993. The molecule has 5 nitrogen and oxygen atoms in total. The van der Waals surface area contributed by atoms with Crippen LogP contribution < -0.4 is 10.6 Å². The van der Waals surface area contributed by atoms with Gasteiger partial charge >= 0.3 is 12.0 Å². The molecule has 0 aliphatic carbocycles. The Kier molecular flexibility index (Phi) is 6.81. The predicted molar refractivity (Wildman–Crippen MR) is 56.3 cm³/mol. The number of carboxylic acids is 1. The molecule has 0 aliphatic heterocycles. The van der Waals surface area contributed by atoms with Crippen molar-refractivity contribution in [2.45, 2.75) is 32.2 Å². The Bertz CT molecular complexity index is 258. The smallest absolute Gasteiger partial charge is 0.315 e. The van der Waals surface area contributed by atoms with Crippen LogP contribution in [0.3, 0.4) is 0 Å². The molecule has 0 aromatic carbocycles. The van der Waals surface area contributed by atoms with E-state index in [1.807, 2.05) is 6.92 Å². The topological polar surface area (TPSA) is 78.4 Å². The zero-order chi connectivity index (χ0) is 11.7. The second-order valence-corrected chi connectivity index (χ2v) is 3.06. The van der Waals surface area contributed by atoms with Gasteiger partial charge in [-0.3, -0.25) is 4.79 Å². The van der Waals surface area contributed by atoms with Gasteiger partial charge in [0.15, 0.2) is 0 Å². The first kappa shape index (κ1) is 13.3. The molecule has 0 aliphatic rings. The highest BCUT2D eigenvalue weighted by Crippen LogP contribution is 1.96. The van der Waals surface area contributed by atoms with Crippen LogP contribution in [-0.2, 0) is 4.79 Å². The van der Waals surface area contributed by atoms with Crippen molar-refractivity contribution in [2.75, 3.05) is 6.54 Å². The summed E-state index contributed by atoms with van der Waals surface area (Å²) in [6, 6.07) is -0.716. The molecule has 0 saturated carbocycles. The maximum atomic E-state index is 11.2. The predicted octanol–water partition coefficient (Wildman–Crippen LogP) is 0.562.